The maximum absolute atomic E-state index is 9.35. The van der Waals surface area contributed by atoms with Crippen molar-refractivity contribution in [1.82, 2.24) is 0 Å². The van der Waals surface area contributed by atoms with E-state index in [-0.39, 0.29) is 0 Å². The lowest BCUT2D eigenvalue weighted by Crippen LogP contribution is -2.16. The van der Waals surface area contributed by atoms with Crippen LogP contribution in [0.1, 0.15) is 11.0 Å². The molecule has 0 spiro atoms. The Bertz CT molecular complexity index is 83.4. The summed E-state index contributed by atoms with van der Waals surface area (Å²) in [5.74, 6) is -2.01. The van der Waals surface area contributed by atoms with Crippen LogP contribution in [-0.2, 0) is 4.79 Å². The van der Waals surface area contributed by atoms with Gasteiger partial charge in [-0.3, -0.25) is 0 Å². The topological polar surface area (TPSA) is 40.1 Å². The molecule has 0 bridgehead atoms. The van der Waals surface area contributed by atoms with Crippen LogP contribution in [0, 0.1) is 0 Å². The molecule has 0 aliphatic carbocycles. The molecule has 0 aromatic rings. The van der Waals surface area contributed by atoms with Crippen LogP contribution >= 0.6 is 0 Å². The molecule has 0 atom stereocenters. The largest absolute Gasteiger partial charge is 0.550 e. The van der Waals surface area contributed by atoms with E-state index in [0.29, 0.717) is 0 Å². The molecule has 0 aromatic carbocycles. The molecule has 0 fully saturated rings. The molecule has 0 rings (SSSR count). The monoisotopic (exact) mass is 65.0 g/mol. The van der Waals surface area contributed by atoms with Gasteiger partial charge >= 0.3 is 0 Å². The van der Waals surface area contributed by atoms with Gasteiger partial charge in [-0.05, 0) is 6.85 Å². The highest BCUT2D eigenvalue weighted by Gasteiger charge is 1.46. The lowest BCUT2D eigenvalue weighted by atomic mass is 10.9. The second kappa shape index (κ2) is 0.875. The summed E-state index contributed by atoms with van der Waals surface area (Å²) in [4.78, 5) is 9.35. The van der Waals surface area contributed by atoms with Gasteiger partial charge in [0.2, 0.25) is 0 Å². The smallest absolute Gasteiger partial charge is 0.0383 e. The number of hydrogen-bond acceptors (Lipinski definition) is 2. The molecule has 0 amide bonds. The number of aliphatic carboxylic acids is 1. The number of carboxylic acid groups (broad SMARTS) is 1. The standard InChI is InChI=1S/C2H4O2/c1-2(3)4/h1H3,(H,3,4)/p-1/i1T3. The van der Waals surface area contributed by atoms with Crippen molar-refractivity contribution < 1.29 is 14.0 Å². The van der Waals surface area contributed by atoms with E-state index < -0.39 is 12.8 Å². The third kappa shape index (κ3) is 1.16. The van der Waals surface area contributed by atoms with E-state index >= 15 is 0 Å². The van der Waals surface area contributed by atoms with Gasteiger partial charge in [-0.25, -0.2) is 0 Å². The molecule has 4 heavy (non-hydrogen) atoms. The zero-order chi connectivity index (χ0) is 6.08. The normalized spacial score (nSPS) is 20.5. The van der Waals surface area contributed by atoms with Gasteiger partial charge in [0.05, 0.1) is 0 Å². The Kier molecular flexibility index (Phi) is 0.155. The van der Waals surface area contributed by atoms with Gasteiger partial charge in [0.1, 0.15) is 0 Å². The van der Waals surface area contributed by atoms with Crippen LogP contribution in [0.25, 0.3) is 0 Å². The summed E-state index contributed by atoms with van der Waals surface area (Å²) in [6.07, 6.45) is 0. The van der Waals surface area contributed by atoms with E-state index in [1.807, 2.05) is 0 Å². The predicted molar refractivity (Wildman–Crippen MR) is 10.7 cm³/mol. The SMILES string of the molecule is [3H]C([3H])([3H])C(=O)[O-]. The average molecular weight is 65.1 g/mol. The molecule has 0 unspecified atom stereocenters. The Morgan fingerprint density at radius 1 is 2.50 bits per heavy atom. The number of carboxylic acids is 1. The first-order chi connectivity index (χ1) is 2.94. The Morgan fingerprint density at radius 2 is 2.75 bits per heavy atom. The molecular weight excluding hydrogens is 56.0 g/mol. The van der Waals surface area contributed by atoms with Crippen molar-refractivity contribution in [3.05, 3.63) is 0 Å². The molecule has 0 aliphatic rings. The number of rotatable bonds is 0. The fourth-order valence-corrected chi connectivity index (χ4v) is 0. The van der Waals surface area contributed by atoms with Crippen LogP contribution in [0.2, 0.25) is 0 Å². The van der Waals surface area contributed by atoms with E-state index in [0.717, 1.165) is 0 Å². The molecule has 24 valence electrons. The number of carbonyl (C=O) groups excluding carboxylic acids is 1. The van der Waals surface area contributed by atoms with Crippen LogP contribution in [0.4, 0.5) is 0 Å². The van der Waals surface area contributed by atoms with E-state index in [1.165, 1.54) is 0 Å². The van der Waals surface area contributed by atoms with Crippen molar-refractivity contribution >= 4 is 5.97 Å². The Morgan fingerprint density at radius 3 is 2.75 bits per heavy atom. The molecule has 0 radical (unpaired) electrons. The Hall–Kier alpha value is -0.530. The summed E-state index contributed by atoms with van der Waals surface area (Å²) in [5, 5.41) is 9.35. The molecule has 0 heterocycles. The first-order valence-corrected chi connectivity index (χ1v) is 0.658. The van der Waals surface area contributed by atoms with E-state index in [2.05, 4.69) is 0 Å². The van der Waals surface area contributed by atoms with Gasteiger partial charge in [-0.2, -0.15) is 0 Å². The van der Waals surface area contributed by atoms with Crippen molar-refractivity contribution in [2.45, 2.75) is 6.85 Å². The lowest BCUT2D eigenvalue weighted by Gasteiger charge is -1.77. The van der Waals surface area contributed by atoms with Crippen LogP contribution in [-0.4, -0.2) is 5.97 Å². The molecular formula is C2H3O2-. The quantitative estimate of drug-likeness (QED) is 0.354. The van der Waals surface area contributed by atoms with Crippen LogP contribution < -0.4 is 5.11 Å². The summed E-state index contributed by atoms with van der Waals surface area (Å²) in [5.41, 5.74) is 0. The van der Waals surface area contributed by atoms with Gasteiger partial charge in [-0.1, -0.05) is 0 Å². The number of carbonyl (C=O) groups is 1. The van der Waals surface area contributed by atoms with Crippen molar-refractivity contribution in [3.63, 3.8) is 0 Å². The maximum Gasteiger partial charge on any atom is 0.0383 e. The lowest BCUT2D eigenvalue weighted by molar-refractivity contribution is -0.302. The highest BCUT2D eigenvalue weighted by atomic mass is 16.4. The summed E-state index contributed by atoms with van der Waals surface area (Å²) >= 11 is 0. The van der Waals surface area contributed by atoms with Crippen molar-refractivity contribution in [1.29, 1.82) is 0 Å². The summed E-state index contributed by atoms with van der Waals surface area (Å²) in [6, 6.07) is 0. The molecule has 2 heteroatoms. The fraction of sp³-hybridized carbons (Fsp3) is 0.500. The van der Waals surface area contributed by atoms with Crippen LogP contribution in [0.15, 0.2) is 0 Å². The van der Waals surface area contributed by atoms with E-state index in [4.69, 9.17) is 4.11 Å². The second-order valence-electron chi connectivity index (χ2n) is 0.287. The molecule has 0 saturated heterocycles. The maximum atomic E-state index is 9.35. The van der Waals surface area contributed by atoms with Gasteiger partial charge in [0.25, 0.3) is 0 Å². The molecule has 0 aliphatic heterocycles. The summed E-state index contributed by atoms with van der Waals surface area (Å²) in [6.45, 7) is -2.94. The highest BCUT2D eigenvalue weighted by molar-refractivity contribution is 5.60. The average Bonchev–Trinajstić information content (AvgIpc) is 1.31. The molecule has 0 aromatic heterocycles. The van der Waals surface area contributed by atoms with Gasteiger partial charge in [0.15, 0.2) is 0 Å². The minimum absolute atomic E-state index is 2.01. The van der Waals surface area contributed by atoms with Crippen molar-refractivity contribution in [2.75, 3.05) is 0 Å². The zero-order valence-electron chi connectivity index (χ0n) is 4.82. The first kappa shape index (κ1) is 0.708. The van der Waals surface area contributed by atoms with Crippen LogP contribution in [0.3, 0.4) is 0 Å². The molecule has 0 saturated carbocycles. The summed E-state index contributed by atoms with van der Waals surface area (Å²) in [7, 11) is 0. The first-order valence-electron chi connectivity index (χ1n) is 2.16. The minimum Gasteiger partial charge on any atom is -0.550 e. The van der Waals surface area contributed by atoms with Gasteiger partial charge in [-0.15, -0.1) is 0 Å². The fourth-order valence-electron chi connectivity index (χ4n) is 0. The van der Waals surface area contributed by atoms with Crippen molar-refractivity contribution in [3.8, 4) is 0 Å². The van der Waals surface area contributed by atoms with Crippen LogP contribution in [0.5, 0.6) is 0 Å². The third-order valence-electron chi connectivity index (χ3n) is 0. The van der Waals surface area contributed by atoms with E-state index in [1.54, 1.807) is 0 Å². The Labute approximate surface area is 28.3 Å². The molecule has 2 nitrogen and oxygen atoms in total. The predicted octanol–water partition coefficient (Wildman–Crippen LogP) is -1.24. The van der Waals surface area contributed by atoms with Crippen molar-refractivity contribution in [2.24, 2.45) is 0 Å². The number of hydrogen-bond donors (Lipinski definition) is 0. The zero-order valence-corrected chi connectivity index (χ0v) is 1.82. The van der Waals surface area contributed by atoms with E-state index in [9.17, 15) is 9.90 Å². The second-order valence-corrected chi connectivity index (χ2v) is 0.287. The minimum atomic E-state index is -2.94. The van der Waals surface area contributed by atoms with Gasteiger partial charge in [0, 0.05) is 10.1 Å². The third-order valence-corrected chi connectivity index (χ3v) is 0. The van der Waals surface area contributed by atoms with Gasteiger partial charge < -0.3 is 9.90 Å². The molecule has 0 N–H and O–H groups in total. The highest BCUT2D eigenvalue weighted by Crippen LogP contribution is 1.31. The summed E-state index contributed by atoms with van der Waals surface area (Å²) < 4.78 is 18.2. The Balaban J connectivity index is 3.79.